The average Bonchev–Trinajstić information content (AvgIpc) is 3.06. The van der Waals surface area contributed by atoms with E-state index in [0.29, 0.717) is 28.7 Å². The van der Waals surface area contributed by atoms with E-state index in [1.807, 2.05) is 38.4 Å². The molecule has 3 aliphatic heterocycles. The molecule has 3 N–H and O–H groups in total. The molecule has 0 aliphatic carbocycles. The number of benzene rings is 4. The molecule has 0 fully saturated rings. The Balaban J connectivity index is 1.39. The summed E-state index contributed by atoms with van der Waals surface area (Å²) in [5.41, 5.74) is 3.75. The summed E-state index contributed by atoms with van der Waals surface area (Å²) in [4.78, 5) is 39.2. The lowest BCUT2D eigenvalue weighted by Crippen LogP contribution is -2.37. The number of carbonyl (C=O) groups excluding carboxylic acids is 1. The summed E-state index contributed by atoms with van der Waals surface area (Å²) < 4.78 is 45.2. The summed E-state index contributed by atoms with van der Waals surface area (Å²) in [5.74, 6) is -2.46. The van der Waals surface area contributed by atoms with Crippen LogP contribution in [-0.2, 0) is 23.1 Å². The molecule has 1 amide bonds. The molecule has 0 saturated carbocycles. The van der Waals surface area contributed by atoms with Gasteiger partial charge in [0.05, 0.1) is 27.1 Å². The van der Waals surface area contributed by atoms with E-state index in [1.54, 1.807) is 6.07 Å². The molecule has 3 heterocycles. The van der Waals surface area contributed by atoms with Crippen LogP contribution in [0.25, 0.3) is 5.57 Å². The zero-order valence-corrected chi connectivity index (χ0v) is 27.4. The molecule has 250 valence electrons. The van der Waals surface area contributed by atoms with E-state index in [2.05, 4.69) is 14.8 Å². The van der Waals surface area contributed by atoms with Crippen molar-refractivity contribution in [2.45, 2.75) is 30.6 Å². The molecule has 0 radical (unpaired) electrons. The highest BCUT2D eigenvalue weighted by atomic mass is 32.3. The van der Waals surface area contributed by atoms with E-state index in [4.69, 9.17) is 4.74 Å². The fraction of sp³-hybridized carbons (Fsp3) is 0.222. The minimum absolute atomic E-state index is 0.0527. The van der Waals surface area contributed by atoms with Gasteiger partial charge < -0.3 is 25.2 Å². The van der Waals surface area contributed by atoms with Crippen molar-refractivity contribution in [2.75, 3.05) is 37.4 Å². The molecule has 49 heavy (non-hydrogen) atoms. The predicted molar refractivity (Wildman–Crippen MR) is 179 cm³/mol. The van der Waals surface area contributed by atoms with Crippen LogP contribution in [0.4, 0.5) is 15.3 Å². The average molecular weight is 685 g/mol. The number of hydrogen-bond donors (Lipinski definition) is 3. The first-order valence-electron chi connectivity index (χ1n) is 15.6. The number of hydrogen-bond acceptors (Lipinski definition) is 7. The number of nitrogens with zero attached hydrogens (tertiary/aromatic N) is 2. The Kier molecular flexibility index (Phi) is 7.74. The largest absolute Gasteiger partial charge is 0.478 e. The number of carbonyl (C=O) groups is 3. The highest BCUT2D eigenvalue weighted by Gasteiger charge is 2.32. The fourth-order valence-electron chi connectivity index (χ4n) is 7.09. The van der Waals surface area contributed by atoms with Gasteiger partial charge in [-0.2, -0.15) is 8.42 Å². The Bertz CT molecular complexity index is 2390. The first-order valence-corrected chi connectivity index (χ1v) is 17.0. The van der Waals surface area contributed by atoms with Gasteiger partial charge in [-0.05, 0) is 73.4 Å². The maximum atomic E-state index is 13.6. The van der Waals surface area contributed by atoms with Crippen molar-refractivity contribution in [3.8, 4) is 11.5 Å². The molecule has 11 nitrogen and oxygen atoms in total. The summed E-state index contributed by atoms with van der Waals surface area (Å²) in [7, 11) is -1.15. The van der Waals surface area contributed by atoms with Crippen LogP contribution in [0.5, 0.6) is 11.5 Å². The van der Waals surface area contributed by atoms with Crippen molar-refractivity contribution in [2.24, 2.45) is 0 Å². The normalized spacial score (nSPS) is 15.0. The third kappa shape index (κ3) is 5.49. The number of carboxylic acids is 2. The first-order chi connectivity index (χ1) is 23.3. The minimum Gasteiger partial charge on any atom is -0.478 e. The Morgan fingerprint density at radius 1 is 0.857 bits per heavy atom. The van der Waals surface area contributed by atoms with Gasteiger partial charge in [-0.15, -0.1) is 3.89 Å². The Morgan fingerprint density at radius 3 is 2.33 bits per heavy atom. The third-order valence-corrected chi connectivity index (χ3v) is 10.2. The molecule has 0 aromatic heterocycles. The fourth-order valence-corrected chi connectivity index (χ4v) is 7.58. The zero-order valence-electron chi connectivity index (χ0n) is 26.5. The molecular formula is C36H31FN3O8S+. The Hall–Kier alpha value is -5.56. The number of anilines is 2. The lowest BCUT2D eigenvalue weighted by atomic mass is 9.85. The van der Waals surface area contributed by atoms with E-state index < -0.39 is 44.1 Å². The highest BCUT2D eigenvalue weighted by molar-refractivity contribution is 7.86. The van der Waals surface area contributed by atoms with Crippen molar-refractivity contribution in [3.05, 3.63) is 110 Å². The lowest BCUT2D eigenvalue weighted by Gasteiger charge is -2.32. The molecule has 7 rings (SSSR count). The van der Waals surface area contributed by atoms with Crippen LogP contribution >= 0.6 is 0 Å². The van der Waals surface area contributed by atoms with E-state index in [-0.39, 0.29) is 11.3 Å². The van der Waals surface area contributed by atoms with Gasteiger partial charge in [0.2, 0.25) is 5.36 Å². The van der Waals surface area contributed by atoms with E-state index in [9.17, 15) is 36.9 Å². The molecule has 0 spiro atoms. The molecule has 13 heteroatoms. The standard InChI is InChI=1S/C36H30FN3O8S/c1-39-15-3-5-23-29(39)13-11-25-31(26-12-14-30-24(6-4-16-40(30)2)33(26)48-32(23)25)21-9-7-19(17-27(21)35(42)43)38-34(41)22-10-8-20(49(37,46)47)18-28(22)36(44)45/h7-14,17-18H,3-6,15-16H2,1-2H3,(H2,42,43,44,45)/p+1. The van der Waals surface area contributed by atoms with Gasteiger partial charge in [0.1, 0.15) is 25.1 Å². The van der Waals surface area contributed by atoms with Crippen molar-refractivity contribution < 1.29 is 41.6 Å². The van der Waals surface area contributed by atoms with Crippen LogP contribution in [0.15, 0.2) is 65.6 Å². The second-order valence-electron chi connectivity index (χ2n) is 12.4. The summed E-state index contributed by atoms with van der Waals surface area (Å²) >= 11 is 0. The summed E-state index contributed by atoms with van der Waals surface area (Å²) in [5, 5.41) is 24.4. The van der Waals surface area contributed by atoms with Crippen LogP contribution in [0.3, 0.4) is 0 Å². The van der Waals surface area contributed by atoms with E-state index >= 15 is 0 Å². The number of rotatable bonds is 6. The quantitative estimate of drug-likeness (QED) is 0.179. The van der Waals surface area contributed by atoms with Gasteiger partial charge in [-0.3, -0.25) is 4.79 Å². The molecule has 4 aromatic rings. The van der Waals surface area contributed by atoms with Crippen molar-refractivity contribution in [3.63, 3.8) is 0 Å². The third-order valence-electron chi connectivity index (χ3n) is 9.40. The van der Waals surface area contributed by atoms with Crippen LogP contribution < -0.4 is 30.1 Å². The van der Waals surface area contributed by atoms with Crippen LogP contribution in [0.1, 0.15) is 66.2 Å². The molecular weight excluding hydrogens is 653 g/mol. The maximum absolute atomic E-state index is 13.6. The molecule has 3 aliphatic rings. The van der Waals surface area contributed by atoms with Crippen molar-refractivity contribution in [1.29, 1.82) is 0 Å². The topological polar surface area (TPSA) is 153 Å². The van der Waals surface area contributed by atoms with Crippen molar-refractivity contribution >= 4 is 45.0 Å². The van der Waals surface area contributed by atoms with Gasteiger partial charge in [0.15, 0.2) is 0 Å². The monoisotopic (exact) mass is 684 g/mol. The Labute approximate surface area is 280 Å². The Morgan fingerprint density at radius 2 is 1.59 bits per heavy atom. The van der Waals surface area contributed by atoms with Crippen LogP contribution in [0.2, 0.25) is 0 Å². The van der Waals surface area contributed by atoms with Gasteiger partial charge in [-0.1, -0.05) is 6.07 Å². The number of carboxylic acid groups (broad SMARTS) is 2. The molecule has 0 saturated heterocycles. The first kappa shape index (κ1) is 32.0. The molecule has 0 atom stereocenters. The number of halogens is 1. The molecule has 4 aromatic carbocycles. The number of ether oxygens (including phenoxy) is 1. The highest BCUT2D eigenvalue weighted by Crippen LogP contribution is 2.45. The molecule has 0 bridgehead atoms. The second-order valence-corrected chi connectivity index (χ2v) is 13.7. The summed E-state index contributed by atoms with van der Waals surface area (Å²) in [6.45, 7) is 1.81. The molecule has 0 unspecified atom stereocenters. The number of amides is 1. The van der Waals surface area contributed by atoms with Crippen molar-refractivity contribution in [1.82, 2.24) is 4.58 Å². The number of aromatic carboxylic acids is 2. The maximum Gasteiger partial charge on any atom is 0.336 e. The van der Waals surface area contributed by atoms with Gasteiger partial charge >= 0.3 is 22.2 Å². The van der Waals surface area contributed by atoms with Gasteiger partial charge in [0, 0.05) is 59.4 Å². The van der Waals surface area contributed by atoms with E-state index in [0.717, 1.165) is 83.9 Å². The minimum atomic E-state index is -5.23. The smallest absolute Gasteiger partial charge is 0.336 e. The predicted octanol–water partition coefficient (Wildman–Crippen LogP) is 3.80. The van der Waals surface area contributed by atoms with Gasteiger partial charge in [-0.25, -0.2) is 14.2 Å². The zero-order chi connectivity index (χ0) is 34.8. The summed E-state index contributed by atoms with van der Waals surface area (Å²) in [6, 6.07) is 14.6. The lowest BCUT2D eigenvalue weighted by molar-refractivity contribution is 0.0684. The van der Waals surface area contributed by atoms with Crippen LogP contribution in [-0.4, -0.2) is 63.7 Å². The second kappa shape index (κ2) is 11.8. The number of nitrogens with one attached hydrogen (secondary N) is 1. The van der Waals surface area contributed by atoms with E-state index in [1.165, 1.54) is 12.1 Å². The SMILES string of the molecule is CN1CCCc2c1ccc1c2Oc2c3c(ccc2=C1c1ccc(NC(=O)c2ccc(S(=O)(=O)F)cc2C(=O)O)cc1C(=O)O)=[N+](C)CCC3. The summed E-state index contributed by atoms with van der Waals surface area (Å²) in [6.07, 6.45) is 3.47. The van der Waals surface area contributed by atoms with Crippen LogP contribution in [0, 0.1) is 0 Å². The number of fused-ring (bicyclic) bond motifs is 6. The van der Waals surface area contributed by atoms with Gasteiger partial charge in [0.25, 0.3) is 5.91 Å².